The predicted molar refractivity (Wildman–Crippen MR) is 32.2 cm³/mol. The van der Waals surface area contributed by atoms with Crippen LogP contribution >= 0.6 is 12.4 Å². The van der Waals surface area contributed by atoms with Crippen LogP contribution in [0.2, 0.25) is 0 Å². The standard InChI is InChI=1S/C4H10N2.ClH/c5-6-3-4-1-2-4;/h4,6H,1-3,5H2;1H. The van der Waals surface area contributed by atoms with Crippen molar-refractivity contribution < 1.29 is 0 Å². The van der Waals surface area contributed by atoms with E-state index in [1.807, 2.05) is 0 Å². The fourth-order valence-corrected chi connectivity index (χ4v) is 0.489. The monoisotopic (exact) mass is 122 g/mol. The molecule has 0 saturated heterocycles. The van der Waals surface area contributed by atoms with Gasteiger partial charge in [-0.05, 0) is 18.8 Å². The third-order valence-corrected chi connectivity index (χ3v) is 1.10. The van der Waals surface area contributed by atoms with Crippen molar-refractivity contribution in [1.82, 2.24) is 5.43 Å². The molecular formula is C4H11ClN2. The highest BCUT2D eigenvalue weighted by atomic mass is 35.5. The number of halogens is 1. The van der Waals surface area contributed by atoms with Gasteiger partial charge in [-0.15, -0.1) is 12.4 Å². The van der Waals surface area contributed by atoms with Gasteiger partial charge in [0, 0.05) is 6.54 Å². The van der Waals surface area contributed by atoms with Gasteiger partial charge in [0.1, 0.15) is 0 Å². The summed E-state index contributed by atoms with van der Waals surface area (Å²) >= 11 is 0. The molecule has 1 rings (SSSR count). The number of nitrogens with one attached hydrogen (secondary N) is 1. The van der Waals surface area contributed by atoms with Crippen molar-refractivity contribution in [3.8, 4) is 0 Å². The van der Waals surface area contributed by atoms with E-state index < -0.39 is 0 Å². The van der Waals surface area contributed by atoms with Crippen LogP contribution < -0.4 is 11.3 Å². The maximum absolute atomic E-state index is 5.02. The second-order valence-corrected chi connectivity index (χ2v) is 1.85. The molecule has 3 N–H and O–H groups in total. The molecule has 3 heteroatoms. The third-order valence-electron chi connectivity index (χ3n) is 1.10. The molecule has 0 unspecified atom stereocenters. The lowest BCUT2D eigenvalue weighted by molar-refractivity contribution is 0.669. The third kappa shape index (κ3) is 2.85. The molecule has 7 heavy (non-hydrogen) atoms. The topological polar surface area (TPSA) is 38.0 Å². The Kier molecular flexibility index (Phi) is 3.34. The summed E-state index contributed by atoms with van der Waals surface area (Å²) in [5.74, 6) is 5.93. The maximum Gasteiger partial charge on any atom is 0.0126 e. The summed E-state index contributed by atoms with van der Waals surface area (Å²) in [6.45, 7) is 1.01. The Hall–Kier alpha value is 0.210. The Labute approximate surface area is 49.8 Å². The molecule has 0 amide bonds. The summed E-state index contributed by atoms with van der Waals surface area (Å²) in [5, 5.41) is 0. The largest absolute Gasteiger partial charge is 0.271 e. The SMILES string of the molecule is Cl.NNCC1CC1. The predicted octanol–water partition coefficient (Wildman–Crippen LogP) is 0.281. The van der Waals surface area contributed by atoms with Crippen LogP contribution in [0.15, 0.2) is 0 Å². The van der Waals surface area contributed by atoms with Gasteiger partial charge in [-0.3, -0.25) is 11.3 Å². The molecule has 44 valence electrons. The lowest BCUT2D eigenvalue weighted by Gasteiger charge is -1.87. The van der Waals surface area contributed by atoms with Crippen LogP contribution in [0.4, 0.5) is 0 Å². The summed E-state index contributed by atoms with van der Waals surface area (Å²) < 4.78 is 0. The first-order chi connectivity index (χ1) is 2.93. The van der Waals surface area contributed by atoms with Crippen molar-refractivity contribution in [2.75, 3.05) is 6.54 Å². The Morgan fingerprint density at radius 1 is 1.57 bits per heavy atom. The van der Waals surface area contributed by atoms with E-state index in [4.69, 9.17) is 5.84 Å². The molecule has 0 aliphatic heterocycles. The average Bonchev–Trinajstić information content (AvgIpc) is 2.21. The van der Waals surface area contributed by atoms with Crippen LogP contribution in [0, 0.1) is 5.92 Å². The molecule has 0 aromatic heterocycles. The first-order valence-electron chi connectivity index (χ1n) is 2.37. The minimum Gasteiger partial charge on any atom is -0.271 e. The van der Waals surface area contributed by atoms with Gasteiger partial charge >= 0.3 is 0 Å². The Morgan fingerprint density at radius 2 is 2.14 bits per heavy atom. The van der Waals surface area contributed by atoms with Crippen LogP contribution in [0.5, 0.6) is 0 Å². The lowest BCUT2D eigenvalue weighted by atomic mass is 10.4. The Morgan fingerprint density at radius 3 is 2.29 bits per heavy atom. The Bertz CT molecular complexity index is 45.0. The van der Waals surface area contributed by atoms with Crippen molar-refractivity contribution in [3.05, 3.63) is 0 Å². The first kappa shape index (κ1) is 7.21. The molecular weight excluding hydrogens is 112 g/mol. The van der Waals surface area contributed by atoms with Crippen molar-refractivity contribution >= 4 is 12.4 Å². The fraction of sp³-hybridized carbons (Fsp3) is 1.00. The molecule has 1 saturated carbocycles. The van der Waals surface area contributed by atoms with E-state index in [1.165, 1.54) is 12.8 Å². The summed E-state index contributed by atoms with van der Waals surface area (Å²) in [7, 11) is 0. The highest BCUT2D eigenvalue weighted by Gasteiger charge is 2.19. The van der Waals surface area contributed by atoms with Crippen molar-refractivity contribution in [2.24, 2.45) is 11.8 Å². The summed E-state index contributed by atoms with van der Waals surface area (Å²) in [6.07, 6.45) is 2.76. The van der Waals surface area contributed by atoms with Crippen LogP contribution in [-0.2, 0) is 0 Å². The van der Waals surface area contributed by atoms with E-state index in [0.717, 1.165) is 12.5 Å². The van der Waals surface area contributed by atoms with Gasteiger partial charge in [0.2, 0.25) is 0 Å². The van der Waals surface area contributed by atoms with Crippen molar-refractivity contribution in [3.63, 3.8) is 0 Å². The minimum absolute atomic E-state index is 0. The zero-order valence-corrected chi connectivity index (χ0v) is 5.00. The molecule has 0 radical (unpaired) electrons. The second-order valence-electron chi connectivity index (χ2n) is 1.85. The van der Waals surface area contributed by atoms with Gasteiger partial charge in [0.25, 0.3) is 0 Å². The van der Waals surface area contributed by atoms with E-state index in [1.54, 1.807) is 0 Å². The molecule has 0 bridgehead atoms. The molecule has 0 heterocycles. The zero-order valence-electron chi connectivity index (χ0n) is 4.18. The molecule has 1 fully saturated rings. The van der Waals surface area contributed by atoms with E-state index >= 15 is 0 Å². The van der Waals surface area contributed by atoms with E-state index in [0.29, 0.717) is 0 Å². The number of nitrogens with two attached hydrogens (primary N) is 1. The van der Waals surface area contributed by atoms with E-state index in [-0.39, 0.29) is 12.4 Å². The second kappa shape index (κ2) is 3.24. The highest BCUT2D eigenvalue weighted by Crippen LogP contribution is 2.26. The number of hydrazine groups is 1. The quantitative estimate of drug-likeness (QED) is 0.408. The summed E-state index contributed by atoms with van der Waals surface area (Å²) in [6, 6.07) is 0. The highest BCUT2D eigenvalue weighted by molar-refractivity contribution is 5.85. The molecule has 1 aliphatic carbocycles. The molecule has 1 aliphatic rings. The van der Waals surface area contributed by atoms with Gasteiger partial charge in [-0.2, -0.15) is 0 Å². The molecule has 0 atom stereocenters. The first-order valence-corrected chi connectivity index (χ1v) is 2.37. The maximum atomic E-state index is 5.02. The number of rotatable bonds is 2. The molecule has 2 nitrogen and oxygen atoms in total. The Balaban J connectivity index is 0.000000360. The van der Waals surface area contributed by atoms with Crippen LogP contribution in [0.3, 0.4) is 0 Å². The normalized spacial score (nSPS) is 18.4. The fourth-order valence-electron chi connectivity index (χ4n) is 0.489. The van der Waals surface area contributed by atoms with Gasteiger partial charge < -0.3 is 0 Å². The molecule has 0 spiro atoms. The molecule has 0 aromatic rings. The van der Waals surface area contributed by atoms with Gasteiger partial charge in [-0.25, -0.2) is 0 Å². The minimum atomic E-state index is 0. The van der Waals surface area contributed by atoms with E-state index in [2.05, 4.69) is 5.43 Å². The van der Waals surface area contributed by atoms with Crippen LogP contribution in [0.25, 0.3) is 0 Å². The number of hydrogen-bond donors (Lipinski definition) is 2. The van der Waals surface area contributed by atoms with Gasteiger partial charge in [0.15, 0.2) is 0 Å². The average molecular weight is 123 g/mol. The summed E-state index contributed by atoms with van der Waals surface area (Å²) in [5.41, 5.74) is 2.63. The van der Waals surface area contributed by atoms with Gasteiger partial charge in [0.05, 0.1) is 0 Å². The van der Waals surface area contributed by atoms with Crippen LogP contribution in [0.1, 0.15) is 12.8 Å². The summed E-state index contributed by atoms with van der Waals surface area (Å²) in [4.78, 5) is 0. The number of hydrogen-bond acceptors (Lipinski definition) is 2. The van der Waals surface area contributed by atoms with Crippen molar-refractivity contribution in [2.45, 2.75) is 12.8 Å². The van der Waals surface area contributed by atoms with E-state index in [9.17, 15) is 0 Å². The molecule has 0 aromatic carbocycles. The van der Waals surface area contributed by atoms with Gasteiger partial charge in [-0.1, -0.05) is 0 Å². The zero-order chi connectivity index (χ0) is 4.41. The van der Waals surface area contributed by atoms with Crippen LogP contribution in [-0.4, -0.2) is 6.54 Å². The lowest BCUT2D eigenvalue weighted by Crippen LogP contribution is -2.23. The smallest absolute Gasteiger partial charge is 0.0126 e. The van der Waals surface area contributed by atoms with Crippen molar-refractivity contribution in [1.29, 1.82) is 0 Å².